The van der Waals surface area contributed by atoms with Crippen LogP contribution in [0.5, 0.6) is 0 Å². The molecular formula is C19H18N6. The zero-order valence-electron chi connectivity index (χ0n) is 14.4. The van der Waals surface area contributed by atoms with Gasteiger partial charge >= 0.3 is 0 Å². The van der Waals surface area contributed by atoms with Crippen molar-refractivity contribution in [1.29, 1.82) is 0 Å². The van der Waals surface area contributed by atoms with E-state index in [1.807, 2.05) is 63.5 Å². The number of para-hydroxylation sites is 1. The number of pyridine rings is 1. The molecule has 0 radical (unpaired) electrons. The van der Waals surface area contributed by atoms with Crippen LogP contribution in [0.4, 0.5) is 11.5 Å². The Bertz CT molecular complexity index is 1070. The van der Waals surface area contributed by atoms with E-state index in [9.17, 15) is 0 Å². The number of rotatable bonds is 3. The van der Waals surface area contributed by atoms with Crippen LogP contribution in [-0.2, 0) is 0 Å². The Morgan fingerprint density at radius 1 is 1.00 bits per heavy atom. The predicted molar refractivity (Wildman–Crippen MR) is 97.8 cm³/mol. The monoisotopic (exact) mass is 330 g/mol. The molecule has 3 heterocycles. The molecule has 6 heteroatoms. The van der Waals surface area contributed by atoms with Crippen LogP contribution in [0.2, 0.25) is 0 Å². The summed E-state index contributed by atoms with van der Waals surface area (Å²) < 4.78 is 1.77. The first-order chi connectivity index (χ1) is 12.1. The number of nitrogens with zero attached hydrogens (tertiary/aromatic N) is 6. The van der Waals surface area contributed by atoms with Crippen LogP contribution < -0.4 is 10.1 Å². The molecule has 0 aliphatic heterocycles. The van der Waals surface area contributed by atoms with Crippen LogP contribution >= 0.6 is 0 Å². The summed E-state index contributed by atoms with van der Waals surface area (Å²) in [4.78, 5) is 6.64. The summed E-state index contributed by atoms with van der Waals surface area (Å²) in [6.07, 6.45) is 3.91. The van der Waals surface area contributed by atoms with E-state index in [0.717, 1.165) is 39.5 Å². The van der Waals surface area contributed by atoms with Gasteiger partial charge in [0.1, 0.15) is 5.82 Å². The van der Waals surface area contributed by atoms with Crippen molar-refractivity contribution in [2.75, 3.05) is 11.9 Å². The standard InChI is InChI=1S/C19H18N6/c1-13-17(19-22-21-14(2)25(19)23-13)11-15-9-10-18(20-12-15)24(3)16-7-5-4-6-8-16/h4-12H,1-3H3. The van der Waals surface area contributed by atoms with Crippen molar-refractivity contribution in [3.8, 4) is 0 Å². The number of hydrogen-bond donors (Lipinski definition) is 0. The molecule has 4 aromatic rings. The smallest absolute Gasteiger partial charge is 0.186 e. The minimum absolute atomic E-state index is 0.778. The Morgan fingerprint density at radius 3 is 2.52 bits per heavy atom. The first kappa shape index (κ1) is 15.3. The van der Waals surface area contributed by atoms with Crippen molar-refractivity contribution >= 4 is 23.2 Å². The van der Waals surface area contributed by atoms with Crippen molar-refractivity contribution in [1.82, 2.24) is 24.8 Å². The van der Waals surface area contributed by atoms with Gasteiger partial charge in [-0.1, -0.05) is 18.2 Å². The second kappa shape index (κ2) is 5.98. The summed E-state index contributed by atoms with van der Waals surface area (Å²) in [6.45, 7) is 3.87. The molecular weight excluding hydrogens is 312 g/mol. The predicted octanol–water partition coefficient (Wildman–Crippen LogP) is 2.45. The van der Waals surface area contributed by atoms with Crippen LogP contribution in [0.15, 0.2) is 48.7 Å². The largest absolute Gasteiger partial charge is 0.329 e. The first-order valence-corrected chi connectivity index (χ1v) is 8.08. The SMILES string of the molecule is Cc1nn2c(C)nnc2c1=Cc1ccc(N(C)c2ccccc2)nc1. The maximum absolute atomic E-state index is 4.58. The molecule has 0 amide bonds. The molecule has 0 aliphatic carbocycles. The Labute approximate surface area is 145 Å². The summed E-state index contributed by atoms with van der Waals surface area (Å²) in [5.41, 5.74) is 3.81. The maximum atomic E-state index is 4.58. The molecule has 4 rings (SSSR count). The molecule has 0 atom stereocenters. The highest BCUT2D eigenvalue weighted by atomic mass is 15.4. The van der Waals surface area contributed by atoms with Gasteiger partial charge in [0.2, 0.25) is 0 Å². The third-order valence-electron chi connectivity index (χ3n) is 4.25. The summed E-state index contributed by atoms with van der Waals surface area (Å²) in [6, 6.07) is 14.2. The second-order valence-electron chi connectivity index (χ2n) is 5.97. The van der Waals surface area contributed by atoms with Gasteiger partial charge in [0.15, 0.2) is 11.5 Å². The van der Waals surface area contributed by atoms with Gasteiger partial charge in [-0.05, 0) is 49.8 Å². The molecule has 1 aromatic carbocycles. The molecule has 0 spiro atoms. The average molecular weight is 330 g/mol. The molecule has 0 N–H and O–H groups in total. The van der Waals surface area contributed by atoms with E-state index < -0.39 is 0 Å². The highest BCUT2D eigenvalue weighted by molar-refractivity contribution is 5.62. The molecule has 0 saturated heterocycles. The molecule has 124 valence electrons. The van der Waals surface area contributed by atoms with Crippen LogP contribution in [0.25, 0.3) is 11.7 Å². The second-order valence-corrected chi connectivity index (χ2v) is 5.97. The van der Waals surface area contributed by atoms with Gasteiger partial charge in [-0.2, -0.15) is 9.61 Å². The van der Waals surface area contributed by atoms with Gasteiger partial charge < -0.3 is 4.90 Å². The molecule has 25 heavy (non-hydrogen) atoms. The summed E-state index contributed by atoms with van der Waals surface area (Å²) >= 11 is 0. The lowest BCUT2D eigenvalue weighted by Gasteiger charge is -2.18. The zero-order valence-corrected chi connectivity index (χ0v) is 14.4. The summed E-state index contributed by atoms with van der Waals surface area (Å²) in [7, 11) is 2.01. The molecule has 3 aromatic heterocycles. The molecule has 0 bridgehead atoms. The number of anilines is 2. The van der Waals surface area contributed by atoms with Crippen molar-refractivity contribution in [2.24, 2.45) is 0 Å². The van der Waals surface area contributed by atoms with Crippen molar-refractivity contribution in [3.63, 3.8) is 0 Å². The van der Waals surface area contributed by atoms with Crippen LogP contribution in [0.3, 0.4) is 0 Å². The number of fused-ring (bicyclic) bond motifs is 1. The minimum atomic E-state index is 0.778. The molecule has 0 saturated carbocycles. The van der Waals surface area contributed by atoms with Gasteiger partial charge in [-0.25, -0.2) is 4.98 Å². The van der Waals surface area contributed by atoms with Gasteiger partial charge in [-0.15, -0.1) is 10.2 Å². The Morgan fingerprint density at radius 2 is 1.80 bits per heavy atom. The van der Waals surface area contributed by atoms with Crippen molar-refractivity contribution in [3.05, 3.63) is 71.0 Å². The normalized spacial score (nSPS) is 12.0. The van der Waals surface area contributed by atoms with Crippen molar-refractivity contribution < 1.29 is 0 Å². The van der Waals surface area contributed by atoms with Gasteiger partial charge in [0.05, 0.1) is 5.69 Å². The van der Waals surface area contributed by atoms with E-state index in [1.54, 1.807) is 4.52 Å². The van der Waals surface area contributed by atoms with Gasteiger partial charge in [0, 0.05) is 24.2 Å². The van der Waals surface area contributed by atoms with E-state index in [1.165, 1.54) is 0 Å². The number of benzene rings is 1. The Balaban J connectivity index is 1.69. The van der Waals surface area contributed by atoms with Crippen LogP contribution in [0.1, 0.15) is 17.1 Å². The highest BCUT2D eigenvalue weighted by Gasteiger charge is 2.09. The van der Waals surface area contributed by atoms with Gasteiger partial charge in [-0.3, -0.25) is 0 Å². The Kier molecular flexibility index (Phi) is 3.65. The third kappa shape index (κ3) is 2.71. The first-order valence-electron chi connectivity index (χ1n) is 8.08. The maximum Gasteiger partial charge on any atom is 0.186 e. The summed E-state index contributed by atoms with van der Waals surface area (Å²) in [5.74, 6) is 1.68. The van der Waals surface area contributed by atoms with E-state index in [4.69, 9.17) is 0 Å². The van der Waals surface area contributed by atoms with E-state index in [-0.39, 0.29) is 0 Å². The topological polar surface area (TPSA) is 59.2 Å². The number of aromatic nitrogens is 5. The van der Waals surface area contributed by atoms with Crippen molar-refractivity contribution in [2.45, 2.75) is 13.8 Å². The van der Waals surface area contributed by atoms with Crippen LogP contribution in [0, 0.1) is 13.8 Å². The lowest BCUT2D eigenvalue weighted by Crippen LogP contribution is -2.11. The Hall–Kier alpha value is -3.28. The fourth-order valence-corrected chi connectivity index (χ4v) is 2.81. The third-order valence-corrected chi connectivity index (χ3v) is 4.25. The highest BCUT2D eigenvalue weighted by Crippen LogP contribution is 2.21. The van der Waals surface area contributed by atoms with E-state index >= 15 is 0 Å². The lowest BCUT2D eigenvalue weighted by molar-refractivity contribution is 0.875. The molecule has 6 nitrogen and oxygen atoms in total. The number of aryl methyl sites for hydroxylation is 2. The van der Waals surface area contributed by atoms with E-state index in [2.05, 4.69) is 37.3 Å². The fraction of sp³-hybridized carbons (Fsp3) is 0.158. The average Bonchev–Trinajstić information content (AvgIpc) is 3.15. The fourth-order valence-electron chi connectivity index (χ4n) is 2.81. The lowest BCUT2D eigenvalue weighted by atomic mass is 10.2. The minimum Gasteiger partial charge on any atom is -0.329 e. The number of hydrogen-bond acceptors (Lipinski definition) is 5. The van der Waals surface area contributed by atoms with Crippen LogP contribution in [-0.4, -0.2) is 31.8 Å². The molecule has 0 aliphatic rings. The summed E-state index contributed by atoms with van der Waals surface area (Å²) in [5, 5.41) is 13.8. The van der Waals surface area contributed by atoms with Gasteiger partial charge in [0.25, 0.3) is 0 Å². The quantitative estimate of drug-likeness (QED) is 0.577. The molecule has 0 fully saturated rings. The van der Waals surface area contributed by atoms with E-state index in [0.29, 0.717) is 0 Å². The molecule has 0 unspecified atom stereocenters. The zero-order chi connectivity index (χ0) is 17.4.